The number of carbonyl (C=O) groups excluding carboxylic acids is 1. The van der Waals surface area contributed by atoms with Gasteiger partial charge in [0.05, 0.1) is 16.4 Å². The Labute approximate surface area is 153 Å². The number of nitriles is 1. The minimum Gasteiger partial charge on any atom is -0.506 e. The second-order valence-electron chi connectivity index (χ2n) is 4.55. The van der Waals surface area contributed by atoms with Crippen LogP contribution >= 0.6 is 34.8 Å². The summed E-state index contributed by atoms with van der Waals surface area (Å²) >= 11 is 17.6. The van der Waals surface area contributed by atoms with Gasteiger partial charge < -0.3 is 15.7 Å². The minimum absolute atomic E-state index is 0.0749. The molecule has 0 spiro atoms. The van der Waals surface area contributed by atoms with Crippen LogP contribution in [0.2, 0.25) is 15.1 Å². The van der Waals surface area contributed by atoms with Crippen molar-refractivity contribution in [3.05, 3.63) is 63.2 Å². The van der Waals surface area contributed by atoms with Gasteiger partial charge in [-0.1, -0.05) is 34.8 Å². The van der Waals surface area contributed by atoms with E-state index in [1.54, 1.807) is 12.1 Å². The van der Waals surface area contributed by atoms with Crippen LogP contribution in [0.3, 0.4) is 0 Å². The van der Waals surface area contributed by atoms with Crippen LogP contribution in [0, 0.1) is 11.3 Å². The van der Waals surface area contributed by atoms with Crippen LogP contribution < -0.4 is 10.6 Å². The van der Waals surface area contributed by atoms with Crippen molar-refractivity contribution in [3.63, 3.8) is 0 Å². The molecule has 0 saturated carbocycles. The second kappa shape index (κ2) is 7.93. The van der Waals surface area contributed by atoms with Crippen molar-refractivity contribution in [2.75, 3.05) is 10.6 Å². The summed E-state index contributed by atoms with van der Waals surface area (Å²) in [5, 5.41) is 25.0. The molecule has 2 rings (SSSR count). The van der Waals surface area contributed by atoms with Crippen molar-refractivity contribution < 1.29 is 9.90 Å². The van der Waals surface area contributed by atoms with Gasteiger partial charge in [0.15, 0.2) is 0 Å². The number of halogens is 3. The summed E-state index contributed by atoms with van der Waals surface area (Å²) in [4.78, 5) is 12.1. The van der Waals surface area contributed by atoms with Crippen LogP contribution in [-0.4, -0.2) is 11.0 Å². The van der Waals surface area contributed by atoms with Crippen molar-refractivity contribution in [2.24, 2.45) is 0 Å². The van der Waals surface area contributed by atoms with Gasteiger partial charge in [0, 0.05) is 16.2 Å². The number of hydrogen-bond donors (Lipinski definition) is 3. The minimum atomic E-state index is -0.671. The Morgan fingerprint density at radius 2 is 1.75 bits per heavy atom. The molecular weight excluding hydrogens is 373 g/mol. The van der Waals surface area contributed by atoms with E-state index in [-0.39, 0.29) is 22.0 Å². The van der Waals surface area contributed by atoms with Crippen LogP contribution in [0.4, 0.5) is 11.4 Å². The van der Waals surface area contributed by atoms with E-state index in [0.717, 1.165) is 6.20 Å². The fourth-order valence-electron chi connectivity index (χ4n) is 1.70. The van der Waals surface area contributed by atoms with Crippen molar-refractivity contribution in [1.29, 1.82) is 5.26 Å². The Kier molecular flexibility index (Phi) is 5.93. The first-order valence-corrected chi connectivity index (χ1v) is 7.66. The monoisotopic (exact) mass is 381 g/mol. The van der Waals surface area contributed by atoms with Gasteiger partial charge in [-0.2, -0.15) is 5.26 Å². The first kappa shape index (κ1) is 18.0. The summed E-state index contributed by atoms with van der Waals surface area (Å²) < 4.78 is 0. The van der Waals surface area contributed by atoms with E-state index >= 15 is 0 Å². The highest BCUT2D eigenvalue weighted by atomic mass is 35.5. The number of hydrogen-bond acceptors (Lipinski definition) is 4. The normalized spacial score (nSPS) is 10.8. The van der Waals surface area contributed by atoms with Gasteiger partial charge in [0.1, 0.15) is 17.4 Å². The van der Waals surface area contributed by atoms with Gasteiger partial charge in [-0.3, -0.25) is 4.79 Å². The van der Waals surface area contributed by atoms with Gasteiger partial charge in [0.25, 0.3) is 5.91 Å². The lowest BCUT2D eigenvalue weighted by Gasteiger charge is -2.08. The molecule has 0 unspecified atom stereocenters. The fraction of sp³-hybridized carbons (Fsp3) is 0. The molecule has 122 valence electrons. The molecule has 3 N–H and O–H groups in total. The Balaban J connectivity index is 2.16. The lowest BCUT2D eigenvalue weighted by Crippen LogP contribution is -2.14. The number of carbonyl (C=O) groups is 1. The number of aromatic hydroxyl groups is 1. The van der Waals surface area contributed by atoms with Gasteiger partial charge >= 0.3 is 0 Å². The highest BCUT2D eigenvalue weighted by Gasteiger charge is 2.12. The molecule has 0 heterocycles. The maximum atomic E-state index is 12.1. The molecule has 8 heteroatoms. The Morgan fingerprint density at radius 3 is 2.42 bits per heavy atom. The maximum Gasteiger partial charge on any atom is 0.267 e. The molecule has 2 aromatic rings. The molecule has 0 aliphatic carbocycles. The Bertz CT molecular complexity index is 860. The number of phenolic OH excluding ortho intramolecular Hbond substituents is 1. The standard InChI is InChI=1S/C16H10Cl3N3O2/c17-10-1-3-13(12(19)5-10)22-16(24)9(7-20)8-21-14-6-11(18)2-4-15(14)23/h1-6,8,21,23H,(H,22,24)/b9-8-. The molecule has 24 heavy (non-hydrogen) atoms. The van der Waals surface area contributed by atoms with Gasteiger partial charge in [-0.15, -0.1) is 0 Å². The van der Waals surface area contributed by atoms with E-state index in [4.69, 9.17) is 40.1 Å². The van der Waals surface area contributed by atoms with Gasteiger partial charge in [-0.25, -0.2) is 0 Å². The second-order valence-corrected chi connectivity index (χ2v) is 5.83. The average molecular weight is 383 g/mol. The smallest absolute Gasteiger partial charge is 0.267 e. The maximum absolute atomic E-state index is 12.1. The quantitative estimate of drug-likeness (QED) is 0.402. The highest BCUT2D eigenvalue weighted by molar-refractivity contribution is 6.36. The molecule has 0 bridgehead atoms. The number of rotatable bonds is 4. The third-order valence-electron chi connectivity index (χ3n) is 2.88. The van der Waals surface area contributed by atoms with E-state index < -0.39 is 5.91 Å². The number of amides is 1. The first-order valence-electron chi connectivity index (χ1n) is 6.52. The number of benzene rings is 2. The van der Waals surface area contributed by atoms with Crippen LogP contribution in [0.5, 0.6) is 5.75 Å². The predicted octanol–water partition coefficient (Wildman–Crippen LogP) is 4.81. The van der Waals surface area contributed by atoms with E-state index in [9.17, 15) is 9.90 Å². The molecule has 0 saturated heterocycles. The van der Waals surface area contributed by atoms with Crippen LogP contribution in [-0.2, 0) is 4.79 Å². The molecule has 0 aliphatic rings. The topological polar surface area (TPSA) is 85.2 Å². The summed E-state index contributed by atoms with van der Waals surface area (Å²) in [6.07, 6.45) is 1.16. The predicted molar refractivity (Wildman–Crippen MR) is 95.5 cm³/mol. The third kappa shape index (κ3) is 4.56. The summed E-state index contributed by atoms with van der Waals surface area (Å²) in [5.74, 6) is -0.746. The zero-order chi connectivity index (χ0) is 17.7. The molecule has 0 radical (unpaired) electrons. The van der Waals surface area contributed by atoms with E-state index in [1.165, 1.54) is 30.3 Å². The van der Waals surface area contributed by atoms with Gasteiger partial charge in [0.2, 0.25) is 0 Å². The van der Waals surface area contributed by atoms with Crippen LogP contribution in [0.1, 0.15) is 0 Å². The average Bonchev–Trinajstić information content (AvgIpc) is 2.54. The van der Waals surface area contributed by atoms with E-state index in [0.29, 0.717) is 15.7 Å². The molecule has 5 nitrogen and oxygen atoms in total. The van der Waals surface area contributed by atoms with E-state index in [2.05, 4.69) is 10.6 Å². The number of nitrogens with one attached hydrogen (secondary N) is 2. The molecule has 2 aromatic carbocycles. The Hall–Kier alpha value is -2.39. The number of nitrogens with zero attached hydrogens (tertiary/aromatic N) is 1. The van der Waals surface area contributed by atoms with Crippen molar-refractivity contribution >= 4 is 52.1 Å². The molecule has 0 aliphatic heterocycles. The van der Waals surface area contributed by atoms with Crippen molar-refractivity contribution in [1.82, 2.24) is 0 Å². The molecule has 1 amide bonds. The highest BCUT2D eigenvalue weighted by Crippen LogP contribution is 2.27. The summed E-state index contributed by atoms with van der Waals surface area (Å²) in [5.41, 5.74) is 0.353. The number of anilines is 2. The van der Waals surface area contributed by atoms with Gasteiger partial charge in [-0.05, 0) is 36.4 Å². The molecular formula is C16H10Cl3N3O2. The largest absolute Gasteiger partial charge is 0.506 e. The Morgan fingerprint density at radius 1 is 1.08 bits per heavy atom. The first-order chi connectivity index (χ1) is 11.4. The lowest BCUT2D eigenvalue weighted by molar-refractivity contribution is -0.112. The van der Waals surface area contributed by atoms with Crippen LogP contribution in [0.25, 0.3) is 0 Å². The summed E-state index contributed by atoms with van der Waals surface area (Å²) in [6.45, 7) is 0. The van der Waals surface area contributed by atoms with E-state index in [1.807, 2.05) is 0 Å². The van der Waals surface area contributed by atoms with Crippen molar-refractivity contribution in [2.45, 2.75) is 0 Å². The number of phenols is 1. The zero-order valence-electron chi connectivity index (χ0n) is 12.0. The van der Waals surface area contributed by atoms with Crippen molar-refractivity contribution in [3.8, 4) is 11.8 Å². The zero-order valence-corrected chi connectivity index (χ0v) is 14.2. The summed E-state index contributed by atoms with van der Waals surface area (Å²) in [7, 11) is 0. The third-order valence-corrected chi connectivity index (χ3v) is 3.66. The summed E-state index contributed by atoms with van der Waals surface area (Å²) in [6, 6.07) is 10.7. The molecule has 0 fully saturated rings. The van der Waals surface area contributed by atoms with Crippen LogP contribution in [0.15, 0.2) is 48.2 Å². The fourth-order valence-corrected chi connectivity index (χ4v) is 2.33. The lowest BCUT2D eigenvalue weighted by atomic mass is 10.2. The molecule has 0 aromatic heterocycles. The molecule has 0 atom stereocenters. The SMILES string of the molecule is N#C/C(=C/Nc1cc(Cl)ccc1O)C(=O)Nc1ccc(Cl)cc1Cl.